The standard InChI is InChI=1S/C34H54O3/c1-23(11-9-17-31(2,3)37-30-13-7-8-20-36-30)26-14-15-27-25-21-29(35-6)34-22-24(34)12-10-18-33(34,5)28(25)16-19-32(26,27)4/h23-30H,7-8,10-16,18-22H2,1-6H3. The zero-order chi connectivity index (χ0) is 26.1. The smallest absolute Gasteiger partial charge is 0.159 e. The van der Waals surface area contributed by atoms with Crippen molar-refractivity contribution in [3.8, 4) is 11.8 Å². The van der Waals surface area contributed by atoms with Crippen molar-refractivity contribution in [1.29, 1.82) is 0 Å². The van der Waals surface area contributed by atoms with Crippen LogP contribution < -0.4 is 0 Å². The molecule has 0 amide bonds. The van der Waals surface area contributed by atoms with Gasteiger partial charge in [0.05, 0.1) is 6.10 Å². The third-order valence-electron chi connectivity index (χ3n) is 13.2. The minimum Gasteiger partial charge on any atom is -0.381 e. The second-order valence-corrected chi connectivity index (χ2v) is 15.2. The maximum Gasteiger partial charge on any atom is 0.159 e. The van der Waals surface area contributed by atoms with E-state index in [-0.39, 0.29) is 6.29 Å². The maximum atomic E-state index is 6.38. The van der Waals surface area contributed by atoms with Crippen molar-refractivity contribution < 1.29 is 14.2 Å². The molecule has 0 aromatic carbocycles. The highest BCUT2D eigenvalue weighted by atomic mass is 16.7. The van der Waals surface area contributed by atoms with Crippen LogP contribution in [0.25, 0.3) is 0 Å². The lowest BCUT2D eigenvalue weighted by Gasteiger charge is -2.63. The molecule has 0 aromatic heterocycles. The second kappa shape index (κ2) is 9.52. The van der Waals surface area contributed by atoms with Gasteiger partial charge in [0, 0.05) is 25.6 Å². The first kappa shape index (κ1) is 26.7. The Bertz CT molecular complexity index is 910. The van der Waals surface area contributed by atoms with Crippen LogP contribution in [0.4, 0.5) is 0 Å². The first-order valence-electron chi connectivity index (χ1n) is 16.0. The first-order valence-corrected chi connectivity index (χ1v) is 16.0. The third kappa shape index (κ3) is 4.17. The van der Waals surface area contributed by atoms with E-state index in [9.17, 15) is 0 Å². The fourth-order valence-corrected chi connectivity index (χ4v) is 11.5. The van der Waals surface area contributed by atoms with Crippen LogP contribution in [0.15, 0.2) is 0 Å². The van der Waals surface area contributed by atoms with Gasteiger partial charge in [0.15, 0.2) is 6.29 Å². The molecule has 6 aliphatic rings. The molecule has 1 heterocycles. The van der Waals surface area contributed by atoms with Gasteiger partial charge in [-0.15, -0.1) is 0 Å². The summed E-state index contributed by atoms with van der Waals surface area (Å²) in [6.07, 6.45) is 17.6. The Labute approximate surface area is 227 Å². The Hall–Kier alpha value is -0.560. The minimum atomic E-state index is -0.439. The zero-order valence-electron chi connectivity index (χ0n) is 24.7. The van der Waals surface area contributed by atoms with Crippen molar-refractivity contribution in [1.82, 2.24) is 0 Å². The third-order valence-corrected chi connectivity index (χ3v) is 13.2. The summed E-state index contributed by atoms with van der Waals surface area (Å²) in [6.45, 7) is 12.9. The highest BCUT2D eigenvalue weighted by Crippen LogP contribution is 2.80. The van der Waals surface area contributed by atoms with Crippen molar-refractivity contribution >= 4 is 0 Å². The molecule has 1 spiro atoms. The van der Waals surface area contributed by atoms with E-state index >= 15 is 0 Å². The van der Waals surface area contributed by atoms with Gasteiger partial charge in [-0.1, -0.05) is 39.0 Å². The van der Waals surface area contributed by atoms with E-state index in [4.69, 9.17) is 14.2 Å². The second-order valence-electron chi connectivity index (χ2n) is 15.2. The minimum absolute atomic E-state index is 0.0809. The molecular formula is C34H54O3. The van der Waals surface area contributed by atoms with E-state index < -0.39 is 5.60 Å². The number of hydrogen-bond donors (Lipinski definition) is 0. The molecule has 11 atom stereocenters. The van der Waals surface area contributed by atoms with Gasteiger partial charge in [-0.05, 0) is 131 Å². The molecule has 0 aromatic rings. The molecular weight excluding hydrogens is 456 g/mol. The molecule has 37 heavy (non-hydrogen) atoms. The number of fused-ring (bicyclic) bond motifs is 4. The van der Waals surface area contributed by atoms with Gasteiger partial charge in [0.1, 0.15) is 5.60 Å². The van der Waals surface area contributed by atoms with E-state index in [1.807, 2.05) is 7.11 Å². The maximum absolute atomic E-state index is 6.38. The van der Waals surface area contributed by atoms with Gasteiger partial charge in [-0.25, -0.2) is 0 Å². The van der Waals surface area contributed by atoms with Crippen LogP contribution in [0, 0.1) is 63.6 Å². The normalized spacial score (nSPS) is 49.5. The van der Waals surface area contributed by atoms with Gasteiger partial charge in [0.25, 0.3) is 0 Å². The van der Waals surface area contributed by atoms with E-state index in [0.29, 0.717) is 28.3 Å². The number of rotatable bonds is 5. The fraction of sp³-hybridized carbons (Fsp3) is 0.941. The average Bonchev–Trinajstić information content (AvgIpc) is 3.50. The van der Waals surface area contributed by atoms with E-state index in [1.165, 1.54) is 64.2 Å². The van der Waals surface area contributed by atoms with Crippen LogP contribution in [0.3, 0.4) is 0 Å². The van der Waals surface area contributed by atoms with Crippen LogP contribution in [0.5, 0.6) is 0 Å². The topological polar surface area (TPSA) is 27.7 Å². The van der Waals surface area contributed by atoms with Gasteiger partial charge in [0.2, 0.25) is 0 Å². The Kier molecular flexibility index (Phi) is 6.86. The molecule has 5 aliphatic carbocycles. The largest absolute Gasteiger partial charge is 0.381 e. The molecule has 6 rings (SSSR count). The predicted octanol–water partition coefficient (Wildman–Crippen LogP) is 8.01. The van der Waals surface area contributed by atoms with Crippen LogP contribution in [0.2, 0.25) is 0 Å². The summed E-state index contributed by atoms with van der Waals surface area (Å²) in [5.74, 6) is 12.1. The van der Waals surface area contributed by atoms with Gasteiger partial charge < -0.3 is 14.2 Å². The summed E-state index contributed by atoms with van der Waals surface area (Å²) in [6, 6.07) is 0. The molecule has 6 fully saturated rings. The van der Waals surface area contributed by atoms with Crippen molar-refractivity contribution in [3.63, 3.8) is 0 Å². The van der Waals surface area contributed by atoms with Crippen LogP contribution in [-0.4, -0.2) is 31.7 Å². The molecule has 1 saturated heterocycles. The molecule has 0 radical (unpaired) electrons. The highest BCUT2D eigenvalue weighted by Gasteiger charge is 2.75. The summed E-state index contributed by atoms with van der Waals surface area (Å²) in [7, 11) is 2.02. The van der Waals surface area contributed by atoms with Gasteiger partial charge in [-0.3, -0.25) is 0 Å². The molecule has 11 unspecified atom stereocenters. The lowest BCUT2D eigenvalue weighted by Crippen LogP contribution is -2.59. The zero-order valence-corrected chi connectivity index (χ0v) is 24.7. The molecule has 3 nitrogen and oxygen atoms in total. The van der Waals surface area contributed by atoms with E-state index in [0.717, 1.165) is 55.5 Å². The number of ether oxygens (including phenoxy) is 3. The SMILES string of the molecule is COC1CC2C3CCC(C(C)CC#CC(C)(C)OC4CCCCO4)C3(C)CCC2C2(C)CCCC3CC312. The van der Waals surface area contributed by atoms with Crippen LogP contribution in [-0.2, 0) is 14.2 Å². The lowest BCUT2D eigenvalue weighted by atomic mass is 9.43. The summed E-state index contributed by atoms with van der Waals surface area (Å²) >= 11 is 0. The lowest BCUT2D eigenvalue weighted by molar-refractivity contribution is -0.199. The summed E-state index contributed by atoms with van der Waals surface area (Å²) in [5, 5.41) is 0. The number of methoxy groups -OCH3 is 1. The van der Waals surface area contributed by atoms with Crippen molar-refractivity contribution in [2.45, 2.75) is 136 Å². The van der Waals surface area contributed by atoms with Crippen molar-refractivity contribution in [3.05, 3.63) is 0 Å². The molecule has 208 valence electrons. The highest BCUT2D eigenvalue weighted by molar-refractivity contribution is 5.24. The van der Waals surface area contributed by atoms with Crippen molar-refractivity contribution in [2.75, 3.05) is 13.7 Å². The predicted molar refractivity (Wildman–Crippen MR) is 149 cm³/mol. The van der Waals surface area contributed by atoms with E-state index in [1.54, 1.807) is 0 Å². The fourth-order valence-electron chi connectivity index (χ4n) is 11.5. The average molecular weight is 511 g/mol. The summed E-state index contributed by atoms with van der Waals surface area (Å²) in [5.41, 5.74) is 1.07. The Morgan fingerprint density at radius 1 is 1.00 bits per heavy atom. The monoisotopic (exact) mass is 510 g/mol. The Balaban J connectivity index is 1.14. The quantitative estimate of drug-likeness (QED) is 0.351. The summed E-state index contributed by atoms with van der Waals surface area (Å²) < 4.78 is 18.4. The molecule has 0 N–H and O–H groups in total. The molecule has 3 heteroatoms. The van der Waals surface area contributed by atoms with Gasteiger partial charge >= 0.3 is 0 Å². The first-order chi connectivity index (χ1) is 17.6. The van der Waals surface area contributed by atoms with E-state index in [2.05, 4.69) is 46.5 Å². The summed E-state index contributed by atoms with van der Waals surface area (Å²) in [4.78, 5) is 0. The van der Waals surface area contributed by atoms with Crippen LogP contribution in [0.1, 0.15) is 118 Å². The van der Waals surface area contributed by atoms with Crippen molar-refractivity contribution in [2.24, 2.45) is 51.8 Å². The molecule has 5 saturated carbocycles. The Morgan fingerprint density at radius 3 is 2.59 bits per heavy atom. The van der Waals surface area contributed by atoms with Gasteiger partial charge in [-0.2, -0.15) is 0 Å². The molecule has 1 aliphatic heterocycles. The Morgan fingerprint density at radius 2 is 1.84 bits per heavy atom. The molecule has 0 bridgehead atoms. The van der Waals surface area contributed by atoms with Crippen LogP contribution >= 0.6 is 0 Å². The number of hydrogen-bond acceptors (Lipinski definition) is 3.